The fourth-order valence-electron chi connectivity index (χ4n) is 2.60. The van der Waals surface area contributed by atoms with Crippen molar-refractivity contribution in [3.8, 4) is 0 Å². The second-order valence-corrected chi connectivity index (χ2v) is 5.09. The fraction of sp³-hybridized carbons (Fsp3) is 0.667. The lowest BCUT2D eigenvalue weighted by Crippen LogP contribution is -2.34. The second kappa shape index (κ2) is 6.47. The Morgan fingerprint density at radius 2 is 2.30 bits per heavy atom. The number of aliphatic hydroxyl groups is 1. The number of nitrogens with one attached hydrogen (secondary N) is 1. The summed E-state index contributed by atoms with van der Waals surface area (Å²) in [7, 11) is 0. The summed E-state index contributed by atoms with van der Waals surface area (Å²) in [5.74, 6) is 0.351. The Bertz CT molecular complexity index is 488. The minimum Gasteiger partial charge on any atom is -0.396 e. The van der Waals surface area contributed by atoms with Gasteiger partial charge < -0.3 is 10.4 Å². The fourth-order valence-corrected chi connectivity index (χ4v) is 2.60. The van der Waals surface area contributed by atoms with E-state index in [0.29, 0.717) is 12.5 Å². The lowest BCUT2D eigenvalue weighted by atomic mass is 9.97. The van der Waals surface area contributed by atoms with Crippen molar-refractivity contribution in [2.45, 2.75) is 25.8 Å². The lowest BCUT2D eigenvalue weighted by molar-refractivity contribution is -0.385. The number of aliphatic hydroxyl groups excluding tert-OH is 1. The zero-order valence-corrected chi connectivity index (χ0v) is 11.1. The van der Waals surface area contributed by atoms with Gasteiger partial charge in [0, 0.05) is 13.2 Å². The van der Waals surface area contributed by atoms with Gasteiger partial charge in [-0.05, 0) is 24.7 Å². The first-order valence-corrected chi connectivity index (χ1v) is 6.64. The maximum Gasteiger partial charge on any atom is 0.307 e. The molecule has 2 unspecified atom stereocenters. The molecule has 1 fully saturated rings. The van der Waals surface area contributed by atoms with Crippen LogP contribution in [-0.2, 0) is 11.3 Å². The largest absolute Gasteiger partial charge is 0.396 e. The van der Waals surface area contributed by atoms with Crippen LogP contribution in [0.5, 0.6) is 0 Å². The van der Waals surface area contributed by atoms with E-state index in [2.05, 4.69) is 10.4 Å². The summed E-state index contributed by atoms with van der Waals surface area (Å²) in [6.45, 7) is 0.656. The zero-order chi connectivity index (χ0) is 14.5. The van der Waals surface area contributed by atoms with Crippen molar-refractivity contribution in [3.63, 3.8) is 0 Å². The van der Waals surface area contributed by atoms with Crippen LogP contribution in [-0.4, -0.2) is 38.9 Å². The average Bonchev–Trinajstić information content (AvgIpc) is 3.04. The Morgan fingerprint density at radius 1 is 1.55 bits per heavy atom. The molecule has 110 valence electrons. The quantitative estimate of drug-likeness (QED) is 0.576. The predicted molar refractivity (Wildman–Crippen MR) is 69.8 cm³/mol. The van der Waals surface area contributed by atoms with Crippen LogP contribution >= 0.6 is 0 Å². The van der Waals surface area contributed by atoms with Gasteiger partial charge in [-0.1, -0.05) is 6.42 Å². The first kappa shape index (κ1) is 14.4. The monoisotopic (exact) mass is 282 g/mol. The van der Waals surface area contributed by atoms with Gasteiger partial charge >= 0.3 is 5.69 Å². The Labute approximate surface area is 115 Å². The summed E-state index contributed by atoms with van der Waals surface area (Å²) in [5.41, 5.74) is -0.131. The normalized spacial score (nSPS) is 21.9. The van der Waals surface area contributed by atoms with Gasteiger partial charge in [0.1, 0.15) is 18.9 Å². The Hall–Kier alpha value is -1.96. The molecule has 0 bridgehead atoms. The molecule has 1 aliphatic rings. The summed E-state index contributed by atoms with van der Waals surface area (Å²) in [4.78, 5) is 21.7. The molecule has 8 nitrogen and oxygen atoms in total. The first-order valence-electron chi connectivity index (χ1n) is 6.64. The molecule has 2 rings (SSSR count). The van der Waals surface area contributed by atoms with Crippen molar-refractivity contribution < 1.29 is 14.8 Å². The van der Waals surface area contributed by atoms with E-state index in [4.69, 9.17) is 0 Å². The van der Waals surface area contributed by atoms with Crippen LogP contribution in [0, 0.1) is 22.0 Å². The summed E-state index contributed by atoms with van der Waals surface area (Å²) >= 11 is 0. The molecule has 0 aromatic carbocycles. The highest BCUT2D eigenvalue weighted by Crippen LogP contribution is 2.30. The zero-order valence-electron chi connectivity index (χ0n) is 11.1. The van der Waals surface area contributed by atoms with E-state index in [1.807, 2.05) is 0 Å². The third kappa shape index (κ3) is 3.53. The molecular formula is C12H18N4O4. The molecule has 1 aromatic heterocycles. The van der Waals surface area contributed by atoms with Crippen LogP contribution in [0.1, 0.15) is 19.3 Å². The number of nitrogens with zero attached hydrogens (tertiary/aromatic N) is 3. The highest BCUT2D eigenvalue weighted by atomic mass is 16.6. The third-order valence-electron chi connectivity index (χ3n) is 3.75. The van der Waals surface area contributed by atoms with Gasteiger partial charge in [0.2, 0.25) is 5.91 Å². The molecule has 2 N–H and O–H groups in total. The van der Waals surface area contributed by atoms with E-state index in [-0.39, 0.29) is 30.7 Å². The highest BCUT2D eigenvalue weighted by Gasteiger charge is 2.26. The van der Waals surface area contributed by atoms with Gasteiger partial charge in [-0.15, -0.1) is 0 Å². The number of nitro groups is 1. The van der Waals surface area contributed by atoms with E-state index in [9.17, 15) is 20.0 Å². The van der Waals surface area contributed by atoms with Gasteiger partial charge in [0.05, 0.1) is 4.92 Å². The maximum absolute atomic E-state index is 11.7. The number of carbonyl (C=O) groups is 1. The molecule has 0 saturated heterocycles. The molecular weight excluding hydrogens is 264 g/mol. The summed E-state index contributed by atoms with van der Waals surface area (Å²) in [5, 5.41) is 26.3. The summed E-state index contributed by atoms with van der Waals surface area (Å²) in [6.07, 6.45) is 5.44. The third-order valence-corrected chi connectivity index (χ3v) is 3.75. The van der Waals surface area contributed by atoms with Crippen LogP contribution in [0.3, 0.4) is 0 Å². The van der Waals surface area contributed by atoms with Crippen LogP contribution in [0.15, 0.2) is 12.4 Å². The molecule has 0 spiro atoms. The van der Waals surface area contributed by atoms with Gasteiger partial charge in [-0.3, -0.25) is 19.6 Å². The molecule has 1 amide bonds. The smallest absolute Gasteiger partial charge is 0.307 e. The van der Waals surface area contributed by atoms with Crippen molar-refractivity contribution in [2.75, 3.05) is 13.2 Å². The Kier molecular flexibility index (Phi) is 4.67. The van der Waals surface area contributed by atoms with Gasteiger partial charge in [-0.2, -0.15) is 5.10 Å². The van der Waals surface area contributed by atoms with Crippen molar-refractivity contribution >= 4 is 11.6 Å². The van der Waals surface area contributed by atoms with E-state index < -0.39 is 4.92 Å². The lowest BCUT2D eigenvalue weighted by Gasteiger charge is -2.17. The molecule has 8 heteroatoms. The van der Waals surface area contributed by atoms with Crippen LogP contribution in [0.2, 0.25) is 0 Å². The Balaban J connectivity index is 1.78. The van der Waals surface area contributed by atoms with Gasteiger partial charge in [0.25, 0.3) is 0 Å². The topological polar surface area (TPSA) is 110 Å². The molecule has 1 aliphatic carbocycles. The van der Waals surface area contributed by atoms with Gasteiger partial charge in [0.15, 0.2) is 0 Å². The Morgan fingerprint density at radius 3 is 2.95 bits per heavy atom. The predicted octanol–water partition coefficient (Wildman–Crippen LogP) is 0.316. The van der Waals surface area contributed by atoms with Crippen LogP contribution < -0.4 is 5.32 Å². The molecule has 1 aromatic rings. The van der Waals surface area contributed by atoms with E-state index in [0.717, 1.165) is 25.5 Å². The standard InChI is InChI=1S/C12H18N4O4/c17-8-10-3-1-2-9(10)4-13-12(18)7-15-6-11(5-14-15)16(19)20/h5-6,9-10,17H,1-4,7-8H2,(H,13,18). The van der Waals surface area contributed by atoms with Crippen molar-refractivity contribution in [2.24, 2.45) is 11.8 Å². The van der Waals surface area contributed by atoms with Crippen molar-refractivity contribution in [1.82, 2.24) is 15.1 Å². The molecule has 2 atom stereocenters. The molecule has 0 aliphatic heterocycles. The molecule has 1 heterocycles. The number of hydrogen-bond acceptors (Lipinski definition) is 5. The van der Waals surface area contributed by atoms with Crippen molar-refractivity contribution in [1.29, 1.82) is 0 Å². The summed E-state index contributed by atoms with van der Waals surface area (Å²) < 4.78 is 1.24. The van der Waals surface area contributed by atoms with E-state index >= 15 is 0 Å². The average molecular weight is 282 g/mol. The first-order chi connectivity index (χ1) is 9.60. The van der Waals surface area contributed by atoms with Crippen LogP contribution in [0.25, 0.3) is 0 Å². The van der Waals surface area contributed by atoms with Gasteiger partial charge in [-0.25, -0.2) is 0 Å². The maximum atomic E-state index is 11.7. The number of rotatable bonds is 6. The molecule has 20 heavy (non-hydrogen) atoms. The minimum absolute atomic E-state index is 0.0373. The number of amides is 1. The number of aromatic nitrogens is 2. The van der Waals surface area contributed by atoms with Crippen LogP contribution in [0.4, 0.5) is 5.69 Å². The number of hydrogen-bond donors (Lipinski definition) is 2. The summed E-state index contributed by atoms with van der Waals surface area (Å²) in [6, 6.07) is 0. The van der Waals surface area contributed by atoms with E-state index in [1.54, 1.807) is 0 Å². The highest BCUT2D eigenvalue weighted by molar-refractivity contribution is 5.75. The number of carbonyl (C=O) groups excluding carboxylic acids is 1. The van der Waals surface area contributed by atoms with Crippen molar-refractivity contribution in [3.05, 3.63) is 22.5 Å². The molecule has 1 saturated carbocycles. The second-order valence-electron chi connectivity index (χ2n) is 5.09. The SMILES string of the molecule is O=C(Cn1cc([N+](=O)[O-])cn1)NCC1CCCC1CO. The van der Waals surface area contributed by atoms with E-state index in [1.165, 1.54) is 10.9 Å². The molecule has 0 radical (unpaired) electrons. The minimum atomic E-state index is -0.550.